The molecule has 0 saturated heterocycles. The van der Waals surface area contributed by atoms with Gasteiger partial charge < -0.3 is 14.8 Å². The van der Waals surface area contributed by atoms with E-state index in [4.69, 9.17) is 9.52 Å². The van der Waals surface area contributed by atoms with Crippen LogP contribution >= 0.6 is 0 Å². The Morgan fingerprint density at radius 3 is 2.67 bits per heavy atom. The van der Waals surface area contributed by atoms with Crippen LogP contribution < -0.4 is 5.32 Å². The number of nitrogens with zero attached hydrogens (tertiary/aromatic N) is 1. The van der Waals surface area contributed by atoms with Crippen molar-refractivity contribution in [3.8, 4) is 0 Å². The summed E-state index contributed by atoms with van der Waals surface area (Å²) in [6.07, 6.45) is 2.10. The predicted molar refractivity (Wildman–Crippen MR) is 64.0 cm³/mol. The highest BCUT2D eigenvalue weighted by atomic mass is 16.4. The zero-order valence-corrected chi connectivity index (χ0v) is 10.8. The van der Waals surface area contributed by atoms with Crippen LogP contribution in [0.15, 0.2) is 10.7 Å². The number of aromatic nitrogens is 1. The summed E-state index contributed by atoms with van der Waals surface area (Å²) < 4.78 is 4.98. The van der Waals surface area contributed by atoms with Crippen LogP contribution in [0.5, 0.6) is 0 Å². The SMILES string of the molecule is CC[C@H](C)[C@H](NC(=O)Cc1coc(C)n1)C(=O)O. The van der Waals surface area contributed by atoms with Crippen molar-refractivity contribution < 1.29 is 19.1 Å². The van der Waals surface area contributed by atoms with Gasteiger partial charge in [0.2, 0.25) is 5.91 Å². The molecule has 0 bridgehead atoms. The van der Waals surface area contributed by atoms with Gasteiger partial charge in [-0.3, -0.25) is 4.79 Å². The van der Waals surface area contributed by atoms with E-state index in [1.807, 2.05) is 6.92 Å². The number of carboxylic acid groups (broad SMARTS) is 1. The number of amides is 1. The normalized spacial score (nSPS) is 13.9. The monoisotopic (exact) mass is 254 g/mol. The topological polar surface area (TPSA) is 92.4 Å². The first-order valence-electron chi connectivity index (χ1n) is 5.87. The first kappa shape index (κ1) is 14.2. The van der Waals surface area contributed by atoms with Crippen molar-refractivity contribution in [2.24, 2.45) is 5.92 Å². The molecule has 0 aromatic carbocycles. The Kier molecular flexibility index (Phi) is 4.88. The summed E-state index contributed by atoms with van der Waals surface area (Å²) in [5.74, 6) is -1.02. The van der Waals surface area contributed by atoms with Gasteiger partial charge in [-0.25, -0.2) is 9.78 Å². The van der Waals surface area contributed by atoms with Crippen molar-refractivity contribution in [3.05, 3.63) is 17.8 Å². The molecule has 2 N–H and O–H groups in total. The summed E-state index contributed by atoms with van der Waals surface area (Å²) in [5.41, 5.74) is 0.498. The van der Waals surface area contributed by atoms with Crippen molar-refractivity contribution >= 4 is 11.9 Å². The van der Waals surface area contributed by atoms with Crippen molar-refractivity contribution in [2.45, 2.75) is 39.7 Å². The maximum Gasteiger partial charge on any atom is 0.326 e. The second kappa shape index (κ2) is 6.18. The Balaban J connectivity index is 2.59. The summed E-state index contributed by atoms with van der Waals surface area (Å²) in [5, 5.41) is 11.5. The third-order valence-corrected chi connectivity index (χ3v) is 2.80. The lowest BCUT2D eigenvalue weighted by molar-refractivity contribution is -0.143. The number of carbonyl (C=O) groups is 2. The zero-order valence-electron chi connectivity index (χ0n) is 10.8. The summed E-state index contributed by atoms with van der Waals surface area (Å²) >= 11 is 0. The summed E-state index contributed by atoms with van der Waals surface area (Å²) in [6.45, 7) is 5.35. The average Bonchev–Trinajstić information content (AvgIpc) is 2.70. The van der Waals surface area contributed by atoms with E-state index in [-0.39, 0.29) is 18.2 Å². The highest BCUT2D eigenvalue weighted by molar-refractivity contribution is 5.84. The second-order valence-corrected chi connectivity index (χ2v) is 4.30. The Hall–Kier alpha value is -1.85. The molecule has 0 aliphatic carbocycles. The van der Waals surface area contributed by atoms with Crippen LogP contribution in [-0.4, -0.2) is 28.0 Å². The number of aryl methyl sites for hydroxylation is 1. The predicted octanol–water partition coefficient (Wildman–Crippen LogP) is 1.14. The standard InChI is InChI=1S/C12H18N2O4/c1-4-7(2)11(12(16)17)14-10(15)5-9-6-18-8(3)13-9/h6-7,11H,4-5H2,1-3H3,(H,14,15)(H,16,17)/t7-,11-/m0/s1. The molecule has 1 heterocycles. The van der Waals surface area contributed by atoms with Gasteiger partial charge >= 0.3 is 5.97 Å². The van der Waals surface area contributed by atoms with E-state index >= 15 is 0 Å². The van der Waals surface area contributed by atoms with Crippen molar-refractivity contribution in [1.82, 2.24) is 10.3 Å². The van der Waals surface area contributed by atoms with Crippen LogP contribution in [-0.2, 0) is 16.0 Å². The molecule has 1 aromatic heterocycles. The Morgan fingerprint density at radius 2 is 2.22 bits per heavy atom. The van der Waals surface area contributed by atoms with Gasteiger partial charge in [0.1, 0.15) is 12.3 Å². The molecule has 0 aliphatic heterocycles. The summed E-state index contributed by atoms with van der Waals surface area (Å²) in [6, 6.07) is -0.865. The Morgan fingerprint density at radius 1 is 1.56 bits per heavy atom. The molecule has 0 fully saturated rings. The average molecular weight is 254 g/mol. The van der Waals surface area contributed by atoms with Gasteiger partial charge in [0.05, 0.1) is 12.1 Å². The molecule has 0 saturated carbocycles. The smallest absolute Gasteiger partial charge is 0.326 e. The number of hydrogen-bond donors (Lipinski definition) is 2. The van der Waals surface area contributed by atoms with Crippen LogP contribution in [0.3, 0.4) is 0 Å². The minimum absolute atomic E-state index is 0.0254. The minimum Gasteiger partial charge on any atom is -0.480 e. The highest BCUT2D eigenvalue weighted by Gasteiger charge is 2.25. The van der Waals surface area contributed by atoms with E-state index in [1.165, 1.54) is 6.26 Å². The van der Waals surface area contributed by atoms with Crippen molar-refractivity contribution in [1.29, 1.82) is 0 Å². The van der Waals surface area contributed by atoms with E-state index in [9.17, 15) is 9.59 Å². The number of hydrogen-bond acceptors (Lipinski definition) is 4. The summed E-state index contributed by atoms with van der Waals surface area (Å²) in [7, 11) is 0. The van der Waals surface area contributed by atoms with Crippen molar-refractivity contribution in [2.75, 3.05) is 0 Å². The lowest BCUT2D eigenvalue weighted by Crippen LogP contribution is -2.45. The van der Waals surface area contributed by atoms with Crippen LogP contribution in [0.25, 0.3) is 0 Å². The van der Waals surface area contributed by atoms with Gasteiger partial charge in [0.25, 0.3) is 0 Å². The van der Waals surface area contributed by atoms with Gasteiger partial charge in [-0.2, -0.15) is 0 Å². The molecule has 18 heavy (non-hydrogen) atoms. The van der Waals surface area contributed by atoms with Gasteiger partial charge in [0, 0.05) is 6.92 Å². The van der Waals surface area contributed by atoms with E-state index in [0.29, 0.717) is 18.0 Å². The molecule has 1 rings (SSSR count). The van der Waals surface area contributed by atoms with E-state index < -0.39 is 12.0 Å². The maximum absolute atomic E-state index is 11.7. The number of oxazole rings is 1. The minimum atomic E-state index is -1.02. The molecule has 0 aliphatic rings. The number of rotatable bonds is 6. The van der Waals surface area contributed by atoms with Crippen molar-refractivity contribution in [3.63, 3.8) is 0 Å². The Bertz CT molecular complexity index is 427. The van der Waals surface area contributed by atoms with Crippen LogP contribution in [0, 0.1) is 12.8 Å². The molecule has 1 aromatic rings. The maximum atomic E-state index is 11.7. The lowest BCUT2D eigenvalue weighted by Gasteiger charge is -2.19. The van der Waals surface area contributed by atoms with E-state index in [1.54, 1.807) is 13.8 Å². The molecule has 0 spiro atoms. The zero-order chi connectivity index (χ0) is 13.7. The fourth-order valence-corrected chi connectivity index (χ4v) is 1.56. The van der Waals surface area contributed by atoms with Crippen LogP contribution in [0.4, 0.5) is 0 Å². The van der Waals surface area contributed by atoms with Gasteiger partial charge in [-0.15, -0.1) is 0 Å². The lowest BCUT2D eigenvalue weighted by atomic mass is 9.99. The van der Waals surface area contributed by atoms with Crippen LogP contribution in [0.1, 0.15) is 31.9 Å². The fourth-order valence-electron chi connectivity index (χ4n) is 1.56. The number of aliphatic carboxylic acids is 1. The molecule has 6 nitrogen and oxygen atoms in total. The third kappa shape index (κ3) is 3.87. The first-order chi connectivity index (χ1) is 8.43. The highest BCUT2D eigenvalue weighted by Crippen LogP contribution is 2.08. The molecule has 2 atom stereocenters. The molecular weight excluding hydrogens is 236 g/mol. The molecule has 6 heteroatoms. The largest absolute Gasteiger partial charge is 0.480 e. The molecule has 1 amide bonds. The summed E-state index contributed by atoms with van der Waals surface area (Å²) in [4.78, 5) is 26.7. The third-order valence-electron chi connectivity index (χ3n) is 2.80. The quantitative estimate of drug-likeness (QED) is 0.794. The Labute approximate surface area is 105 Å². The molecule has 0 unspecified atom stereocenters. The van der Waals surface area contributed by atoms with E-state index in [2.05, 4.69) is 10.3 Å². The first-order valence-corrected chi connectivity index (χ1v) is 5.87. The van der Waals surface area contributed by atoms with E-state index in [0.717, 1.165) is 0 Å². The number of nitrogens with one attached hydrogen (secondary N) is 1. The van der Waals surface area contributed by atoms with Gasteiger partial charge in [-0.1, -0.05) is 20.3 Å². The van der Waals surface area contributed by atoms with Gasteiger partial charge in [-0.05, 0) is 5.92 Å². The number of carbonyl (C=O) groups excluding carboxylic acids is 1. The fraction of sp³-hybridized carbons (Fsp3) is 0.583. The molecule has 100 valence electrons. The molecular formula is C12H18N2O4. The second-order valence-electron chi connectivity index (χ2n) is 4.30. The number of carboxylic acids is 1. The van der Waals surface area contributed by atoms with Gasteiger partial charge in [0.15, 0.2) is 5.89 Å². The molecule has 0 radical (unpaired) electrons. The van der Waals surface area contributed by atoms with Crippen LogP contribution in [0.2, 0.25) is 0 Å².